The van der Waals surface area contributed by atoms with Crippen LogP contribution < -0.4 is 0 Å². The molecular formula is C12H16S. The zero-order chi connectivity index (χ0) is 9.26. The monoisotopic (exact) mass is 192 g/mol. The molecule has 0 fully saturated rings. The van der Waals surface area contributed by atoms with Gasteiger partial charge in [0.2, 0.25) is 0 Å². The molecule has 13 heavy (non-hydrogen) atoms. The third kappa shape index (κ3) is 2.08. The Morgan fingerprint density at radius 2 is 1.69 bits per heavy atom. The van der Waals surface area contributed by atoms with Gasteiger partial charge in [0, 0.05) is 5.25 Å². The van der Waals surface area contributed by atoms with Gasteiger partial charge >= 0.3 is 0 Å². The van der Waals surface area contributed by atoms with Gasteiger partial charge in [-0.1, -0.05) is 38.1 Å². The Labute approximate surface area is 84.7 Å². The standard InChI is InChI=1S/C12H16S/c1-9(2)13-12-7-10-5-3-4-6-11(10)8-12/h3-6,9,12H,7-8H2,1-2H3. The Morgan fingerprint density at radius 1 is 1.15 bits per heavy atom. The minimum atomic E-state index is 0.763. The van der Waals surface area contributed by atoms with Crippen molar-refractivity contribution in [1.29, 1.82) is 0 Å². The predicted octanol–water partition coefficient (Wildman–Crippen LogP) is 3.30. The van der Waals surface area contributed by atoms with E-state index in [2.05, 4.69) is 49.9 Å². The van der Waals surface area contributed by atoms with Crippen molar-refractivity contribution in [2.75, 3.05) is 0 Å². The lowest BCUT2D eigenvalue weighted by Crippen LogP contribution is -2.05. The van der Waals surface area contributed by atoms with Crippen molar-refractivity contribution >= 4 is 11.8 Å². The molecule has 1 aromatic carbocycles. The summed E-state index contributed by atoms with van der Waals surface area (Å²) in [5.41, 5.74) is 3.14. The highest BCUT2D eigenvalue weighted by Crippen LogP contribution is 2.31. The van der Waals surface area contributed by atoms with E-state index in [0.717, 1.165) is 10.5 Å². The van der Waals surface area contributed by atoms with E-state index in [9.17, 15) is 0 Å². The molecule has 0 bridgehead atoms. The molecule has 0 N–H and O–H groups in total. The third-order valence-corrected chi connectivity index (χ3v) is 3.74. The number of hydrogen-bond acceptors (Lipinski definition) is 1. The molecule has 0 nitrogen and oxygen atoms in total. The van der Waals surface area contributed by atoms with Gasteiger partial charge in [-0.05, 0) is 29.2 Å². The van der Waals surface area contributed by atoms with Crippen LogP contribution in [0.4, 0.5) is 0 Å². The average molecular weight is 192 g/mol. The van der Waals surface area contributed by atoms with Crippen LogP contribution in [0.15, 0.2) is 24.3 Å². The summed E-state index contributed by atoms with van der Waals surface area (Å²) >= 11 is 2.12. The van der Waals surface area contributed by atoms with Gasteiger partial charge in [0.1, 0.15) is 0 Å². The SMILES string of the molecule is CC(C)SC1Cc2ccccc2C1. The van der Waals surface area contributed by atoms with E-state index in [4.69, 9.17) is 0 Å². The summed E-state index contributed by atoms with van der Waals surface area (Å²) in [6.45, 7) is 4.57. The van der Waals surface area contributed by atoms with Crippen molar-refractivity contribution in [3.05, 3.63) is 35.4 Å². The first-order chi connectivity index (χ1) is 6.25. The second kappa shape index (κ2) is 3.75. The largest absolute Gasteiger partial charge is 0.155 e. The van der Waals surface area contributed by atoms with Crippen LogP contribution in [0.1, 0.15) is 25.0 Å². The Hall–Kier alpha value is -0.430. The van der Waals surface area contributed by atoms with Crippen LogP contribution in [0.5, 0.6) is 0 Å². The highest BCUT2D eigenvalue weighted by Gasteiger charge is 2.21. The molecule has 0 atom stereocenters. The van der Waals surface area contributed by atoms with Crippen molar-refractivity contribution in [1.82, 2.24) is 0 Å². The molecule has 0 aliphatic heterocycles. The van der Waals surface area contributed by atoms with Gasteiger partial charge < -0.3 is 0 Å². The topological polar surface area (TPSA) is 0 Å². The lowest BCUT2D eigenvalue weighted by molar-refractivity contribution is 0.921. The molecule has 1 heteroatoms. The van der Waals surface area contributed by atoms with Gasteiger partial charge in [0.05, 0.1) is 0 Å². The van der Waals surface area contributed by atoms with Gasteiger partial charge in [-0.2, -0.15) is 11.8 Å². The maximum atomic E-state index is 2.29. The fourth-order valence-electron chi connectivity index (χ4n) is 2.00. The molecule has 0 radical (unpaired) electrons. The summed E-state index contributed by atoms with van der Waals surface area (Å²) in [7, 11) is 0. The van der Waals surface area contributed by atoms with Crippen molar-refractivity contribution in [2.45, 2.75) is 37.2 Å². The van der Waals surface area contributed by atoms with Crippen LogP contribution in [0.2, 0.25) is 0 Å². The van der Waals surface area contributed by atoms with Crippen molar-refractivity contribution in [2.24, 2.45) is 0 Å². The summed E-state index contributed by atoms with van der Waals surface area (Å²) in [6, 6.07) is 8.86. The fourth-order valence-corrected chi connectivity index (χ4v) is 3.32. The average Bonchev–Trinajstić information content (AvgIpc) is 2.44. The Kier molecular flexibility index (Phi) is 2.63. The molecule has 0 saturated carbocycles. The number of fused-ring (bicyclic) bond motifs is 1. The molecule has 1 aromatic rings. The Morgan fingerprint density at radius 3 is 2.15 bits per heavy atom. The molecule has 2 rings (SSSR count). The van der Waals surface area contributed by atoms with Crippen LogP contribution >= 0.6 is 11.8 Å². The molecule has 70 valence electrons. The van der Waals surface area contributed by atoms with E-state index in [1.165, 1.54) is 12.8 Å². The van der Waals surface area contributed by atoms with Crippen LogP contribution in [0.25, 0.3) is 0 Å². The minimum absolute atomic E-state index is 0.763. The Balaban J connectivity index is 2.05. The van der Waals surface area contributed by atoms with Gasteiger partial charge in [-0.25, -0.2) is 0 Å². The maximum Gasteiger partial charge on any atom is 0.0131 e. The second-order valence-corrected chi connectivity index (χ2v) is 5.87. The van der Waals surface area contributed by atoms with E-state index < -0.39 is 0 Å². The smallest absolute Gasteiger partial charge is 0.0131 e. The molecule has 0 unspecified atom stereocenters. The highest BCUT2D eigenvalue weighted by atomic mass is 32.2. The van der Waals surface area contributed by atoms with Crippen molar-refractivity contribution < 1.29 is 0 Å². The van der Waals surface area contributed by atoms with Gasteiger partial charge in [-0.3, -0.25) is 0 Å². The zero-order valence-electron chi connectivity index (χ0n) is 8.29. The lowest BCUT2D eigenvalue weighted by atomic mass is 10.1. The molecule has 0 saturated heterocycles. The summed E-state index contributed by atoms with van der Waals surface area (Å²) in [5, 5.41) is 1.59. The number of hydrogen-bond donors (Lipinski definition) is 0. The van der Waals surface area contributed by atoms with Crippen molar-refractivity contribution in [3.8, 4) is 0 Å². The quantitative estimate of drug-likeness (QED) is 0.693. The van der Waals surface area contributed by atoms with Crippen LogP contribution in [0, 0.1) is 0 Å². The lowest BCUT2D eigenvalue weighted by Gasteiger charge is -2.10. The normalized spacial score (nSPS) is 16.5. The van der Waals surface area contributed by atoms with E-state index in [-0.39, 0.29) is 0 Å². The van der Waals surface area contributed by atoms with E-state index in [1.54, 1.807) is 11.1 Å². The predicted molar refractivity (Wildman–Crippen MR) is 60.4 cm³/mol. The summed E-state index contributed by atoms with van der Waals surface area (Å²) in [4.78, 5) is 0. The van der Waals surface area contributed by atoms with E-state index >= 15 is 0 Å². The number of rotatable bonds is 2. The number of thioether (sulfide) groups is 1. The van der Waals surface area contributed by atoms with Crippen LogP contribution in [-0.2, 0) is 12.8 Å². The summed E-state index contributed by atoms with van der Waals surface area (Å²) in [5.74, 6) is 0. The highest BCUT2D eigenvalue weighted by molar-refractivity contribution is 8.00. The molecular weight excluding hydrogens is 176 g/mol. The molecule has 1 aliphatic carbocycles. The molecule has 0 heterocycles. The third-order valence-electron chi connectivity index (χ3n) is 2.48. The minimum Gasteiger partial charge on any atom is -0.155 e. The first kappa shape index (κ1) is 9.14. The van der Waals surface area contributed by atoms with Gasteiger partial charge in [-0.15, -0.1) is 0 Å². The van der Waals surface area contributed by atoms with E-state index in [0.29, 0.717) is 0 Å². The molecule has 1 aliphatic rings. The summed E-state index contributed by atoms with van der Waals surface area (Å²) < 4.78 is 0. The number of benzene rings is 1. The Bertz CT molecular complexity index is 266. The van der Waals surface area contributed by atoms with Crippen LogP contribution in [0.3, 0.4) is 0 Å². The zero-order valence-corrected chi connectivity index (χ0v) is 9.10. The van der Waals surface area contributed by atoms with Gasteiger partial charge in [0.15, 0.2) is 0 Å². The first-order valence-corrected chi connectivity index (χ1v) is 5.92. The second-order valence-electron chi connectivity index (χ2n) is 3.98. The summed E-state index contributed by atoms with van der Waals surface area (Å²) in [6.07, 6.45) is 2.55. The fraction of sp³-hybridized carbons (Fsp3) is 0.500. The van der Waals surface area contributed by atoms with Crippen LogP contribution in [-0.4, -0.2) is 10.5 Å². The molecule has 0 spiro atoms. The van der Waals surface area contributed by atoms with Crippen molar-refractivity contribution in [3.63, 3.8) is 0 Å². The molecule has 0 aromatic heterocycles. The van der Waals surface area contributed by atoms with E-state index in [1.807, 2.05) is 0 Å². The van der Waals surface area contributed by atoms with Gasteiger partial charge in [0.25, 0.3) is 0 Å². The molecule has 0 amide bonds. The maximum absolute atomic E-state index is 2.29. The first-order valence-electron chi connectivity index (χ1n) is 4.98.